The molecule has 0 fully saturated rings. The average Bonchev–Trinajstić information content (AvgIpc) is 2.46. The van der Waals surface area contributed by atoms with Gasteiger partial charge in [-0.3, -0.25) is 10.1 Å². The zero-order valence-corrected chi connectivity index (χ0v) is 12.3. The third kappa shape index (κ3) is 6.07. The number of nitrogens with zero attached hydrogens (tertiary/aromatic N) is 1. The molecule has 0 aromatic heterocycles. The highest BCUT2D eigenvalue weighted by Gasteiger charge is 2.15. The number of hydrogen-bond acceptors (Lipinski definition) is 6. The smallest absolute Gasteiger partial charge is 0.270 e. The summed E-state index contributed by atoms with van der Waals surface area (Å²) >= 11 is 0. The second kappa shape index (κ2) is 9.28. The number of methoxy groups -OCH3 is 1. The quantitative estimate of drug-likeness (QED) is 0.404. The molecule has 7 nitrogen and oxygen atoms in total. The highest BCUT2D eigenvalue weighted by molar-refractivity contribution is 5.44. The first kappa shape index (κ1) is 17.4. The number of rotatable bonds is 10. The largest absolute Gasteiger partial charge is 0.491 e. The summed E-state index contributed by atoms with van der Waals surface area (Å²) in [4.78, 5) is 10.2. The number of ether oxygens (including phenoxy) is 3. The normalized spacial score (nSPS) is 12.1. The van der Waals surface area contributed by atoms with E-state index in [-0.39, 0.29) is 5.69 Å². The van der Waals surface area contributed by atoms with E-state index >= 15 is 0 Å². The van der Waals surface area contributed by atoms with Crippen molar-refractivity contribution in [2.24, 2.45) is 0 Å². The van der Waals surface area contributed by atoms with Crippen LogP contribution in [0.1, 0.15) is 25.0 Å². The van der Waals surface area contributed by atoms with Gasteiger partial charge in [0.05, 0.1) is 17.6 Å². The van der Waals surface area contributed by atoms with E-state index in [0.29, 0.717) is 37.7 Å². The lowest BCUT2D eigenvalue weighted by Crippen LogP contribution is -2.10. The predicted molar refractivity (Wildman–Crippen MR) is 76.5 cm³/mol. The molecule has 0 bridgehead atoms. The summed E-state index contributed by atoms with van der Waals surface area (Å²) < 4.78 is 15.7. The molecular formula is C14H21NO6. The number of benzene rings is 1. The van der Waals surface area contributed by atoms with Gasteiger partial charge in [-0.2, -0.15) is 0 Å². The van der Waals surface area contributed by atoms with Gasteiger partial charge in [-0.25, -0.2) is 0 Å². The van der Waals surface area contributed by atoms with Crippen LogP contribution in [0, 0.1) is 10.1 Å². The highest BCUT2D eigenvalue weighted by Crippen LogP contribution is 2.29. The van der Waals surface area contributed by atoms with Crippen LogP contribution in [0.4, 0.5) is 5.69 Å². The minimum atomic E-state index is -0.845. The Labute approximate surface area is 123 Å². The summed E-state index contributed by atoms with van der Waals surface area (Å²) in [5.74, 6) is 0.427. The maximum Gasteiger partial charge on any atom is 0.270 e. The van der Waals surface area contributed by atoms with E-state index < -0.39 is 11.0 Å². The van der Waals surface area contributed by atoms with Gasteiger partial charge in [0.15, 0.2) is 0 Å². The van der Waals surface area contributed by atoms with Gasteiger partial charge in [0.1, 0.15) is 12.4 Å². The zero-order chi connectivity index (χ0) is 15.7. The van der Waals surface area contributed by atoms with Crippen LogP contribution >= 0.6 is 0 Å². The van der Waals surface area contributed by atoms with Crippen molar-refractivity contribution in [3.63, 3.8) is 0 Å². The molecule has 0 amide bonds. The van der Waals surface area contributed by atoms with Crippen LogP contribution in [-0.2, 0) is 9.47 Å². The van der Waals surface area contributed by atoms with Crippen molar-refractivity contribution in [3.05, 3.63) is 33.9 Å². The Morgan fingerprint density at radius 1 is 1.29 bits per heavy atom. The van der Waals surface area contributed by atoms with E-state index in [1.165, 1.54) is 25.1 Å². The fourth-order valence-corrected chi connectivity index (χ4v) is 1.73. The molecule has 0 saturated carbocycles. The number of hydrogen-bond donors (Lipinski definition) is 1. The molecule has 0 saturated heterocycles. The fourth-order valence-electron chi connectivity index (χ4n) is 1.73. The molecule has 0 aliphatic rings. The molecule has 0 unspecified atom stereocenters. The van der Waals surface area contributed by atoms with Crippen LogP contribution < -0.4 is 4.74 Å². The van der Waals surface area contributed by atoms with Crippen molar-refractivity contribution in [2.75, 3.05) is 33.5 Å². The number of nitro groups is 1. The fraction of sp³-hybridized carbons (Fsp3) is 0.571. The van der Waals surface area contributed by atoms with Crippen LogP contribution in [0.25, 0.3) is 0 Å². The van der Waals surface area contributed by atoms with Gasteiger partial charge >= 0.3 is 0 Å². The summed E-state index contributed by atoms with van der Waals surface area (Å²) in [5.41, 5.74) is 0.317. The number of aliphatic hydroxyl groups excluding tert-OH is 1. The maximum absolute atomic E-state index is 10.7. The summed E-state index contributed by atoms with van der Waals surface area (Å²) in [5, 5.41) is 20.4. The molecule has 1 aromatic carbocycles. The third-order valence-corrected chi connectivity index (χ3v) is 2.78. The average molecular weight is 299 g/mol. The van der Waals surface area contributed by atoms with Crippen LogP contribution in [-0.4, -0.2) is 43.6 Å². The van der Waals surface area contributed by atoms with Gasteiger partial charge in [0, 0.05) is 38.0 Å². The lowest BCUT2D eigenvalue weighted by molar-refractivity contribution is -0.385. The molecule has 1 N–H and O–H groups in total. The van der Waals surface area contributed by atoms with Gasteiger partial charge in [0.2, 0.25) is 0 Å². The summed E-state index contributed by atoms with van der Waals surface area (Å²) in [6.07, 6.45) is -0.0324. The summed E-state index contributed by atoms with van der Waals surface area (Å²) in [6, 6.07) is 4.16. The van der Waals surface area contributed by atoms with E-state index in [9.17, 15) is 15.2 Å². The van der Waals surface area contributed by atoms with Gasteiger partial charge in [0.25, 0.3) is 5.69 Å². The first-order chi connectivity index (χ1) is 10.1. The van der Waals surface area contributed by atoms with Gasteiger partial charge in [-0.05, 0) is 19.4 Å². The Balaban J connectivity index is 2.49. The SMILES string of the molecule is COCCCOCCOc1ccc([N+](=O)[O-])cc1[C@@H](C)O. The first-order valence-electron chi connectivity index (χ1n) is 6.72. The van der Waals surface area contributed by atoms with Crippen molar-refractivity contribution < 1.29 is 24.2 Å². The highest BCUT2D eigenvalue weighted by atomic mass is 16.6. The van der Waals surface area contributed by atoms with E-state index in [2.05, 4.69) is 0 Å². The van der Waals surface area contributed by atoms with Gasteiger partial charge < -0.3 is 19.3 Å². The van der Waals surface area contributed by atoms with E-state index in [1.54, 1.807) is 7.11 Å². The Hall–Kier alpha value is -1.70. The summed E-state index contributed by atoms with van der Waals surface area (Å²) in [7, 11) is 1.63. The van der Waals surface area contributed by atoms with Crippen LogP contribution in [0.3, 0.4) is 0 Å². The van der Waals surface area contributed by atoms with Crippen molar-refractivity contribution in [1.82, 2.24) is 0 Å². The molecule has 0 aliphatic carbocycles. The van der Waals surface area contributed by atoms with Crippen molar-refractivity contribution in [2.45, 2.75) is 19.4 Å². The lowest BCUT2D eigenvalue weighted by Gasteiger charge is -2.13. The van der Waals surface area contributed by atoms with Crippen molar-refractivity contribution in [3.8, 4) is 5.75 Å². The molecule has 21 heavy (non-hydrogen) atoms. The Morgan fingerprint density at radius 2 is 2.05 bits per heavy atom. The number of nitro benzene ring substituents is 1. The van der Waals surface area contributed by atoms with E-state index in [1.807, 2.05) is 0 Å². The number of aliphatic hydroxyl groups is 1. The Kier molecular flexibility index (Phi) is 7.66. The number of non-ortho nitro benzene ring substituents is 1. The van der Waals surface area contributed by atoms with Crippen LogP contribution in [0.5, 0.6) is 5.75 Å². The van der Waals surface area contributed by atoms with Gasteiger partial charge in [-0.1, -0.05) is 0 Å². The Bertz CT molecular complexity index is 449. The van der Waals surface area contributed by atoms with Crippen molar-refractivity contribution in [1.29, 1.82) is 0 Å². The van der Waals surface area contributed by atoms with Gasteiger partial charge in [-0.15, -0.1) is 0 Å². The van der Waals surface area contributed by atoms with E-state index in [0.717, 1.165) is 6.42 Å². The zero-order valence-electron chi connectivity index (χ0n) is 12.3. The Morgan fingerprint density at radius 3 is 2.67 bits per heavy atom. The monoisotopic (exact) mass is 299 g/mol. The molecule has 118 valence electrons. The molecular weight excluding hydrogens is 278 g/mol. The minimum absolute atomic E-state index is 0.0749. The van der Waals surface area contributed by atoms with Crippen LogP contribution in [0.15, 0.2) is 18.2 Å². The molecule has 1 aromatic rings. The molecule has 1 atom stereocenters. The second-order valence-electron chi connectivity index (χ2n) is 4.46. The standard InChI is InChI=1S/C14H21NO6/c1-11(16)13-10-12(15(17)18)4-5-14(13)21-9-8-20-7-3-6-19-2/h4-5,10-11,16H,3,6-9H2,1-2H3/t11-/m1/s1. The molecule has 1 rings (SSSR count). The molecule has 7 heteroatoms. The third-order valence-electron chi connectivity index (χ3n) is 2.78. The first-order valence-corrected chi connectivity index (χ1v) is 6.72. The summed E-state index contributed by atoms with van der Waals surface area (Å²) in [6.45, 7) is 3.48. The van der Waals surface area contributed by atoms with Crippen molar-refractivity contribution >= 4 is 5.69 Å². The minimum Gasteiger partial charge on any atom is -0.491 e. The van der Waals surface area contributed by atoms with E-state index in [4.69, 9.17) is 14.2 Å². The molecule has 0 spiro atoms. The second-order valence-corrected chi connectivity index (χ2v) is 4.46. The van der Waals surface area contributed by atoms with Crippen LogP contribution in [0.2, 0.25) is 0 Å². The maximum atomic E-state index is 10.7. The topological polar surface area (TPSA) is 91.1 Å². The predicted octanol–water partition coefficient (Wildman–Crippen LogP) is 2.08. The lowest BCUT2D eigenvalue weighted by atomic mass is 10.1. The molecule has 0 heterocycles. The molecule has 0 aliphatic heterocycles. The molecule has 0 radical (unpaired) electrons.